The first-order valence-electron chi connectivity index (χ1n) is 23.3. The topological polar surface area (TPSA) is 38.7 Å². The fourth-order valence-electron chi connectivity index (χ4n) is 10.7. The van der Waals surface area contributed by atoms with Crippen molar-refractivity contribution >= 4 is 26.5 Å². The minimum atomic E-state index is -1.48. The van der Waals surface area contributed by atoms with Crippen LogP contribution < -0.4 is 10.4 Å². The normalized spacial score (nSPS) is 14.3. The molecule has 0 aliphatic heterocycles. The van der Waals surface area contributed by atoms with Gasteiger partial charge in [0, 0.05) is 22.1 Å². The molecule has 2 aliphatic carbocycles. The van der Waals surface area contributed by atoms with Crippen LogP contribution in [0.4, 0.5) is 0 Å². The number of aromatic nitrogens is 3. The van der Waals surface area contributed by atoms with Gasteiger partial charge >= 0.3 is 0 Å². The third-order valence-corrected chi connectivity index (χ3v) is 18.5. The third kappa shape index (κ3) is 6.78. The quantitative estimate of drug-likeness (QED) is 0.143. The van der Waals surface area contributed by atoms with Gasteiger partial charge in [-0.3, -0.25) is 0 Å². The molecule has 0 bridgehead atoms. The highest BCUT2D eigenvalue weighted by Crippen LogP contribution is 2.57. The molecular weight excluding hydrogens is 831 g/mol. The molecule has 0 fully saturated rings. The van der Waals surface area contributed by atoms with Crippen molar-refractivity contribution in [2.45, 2.75) is 64.0 Å². The molecule has 0 amide bonds. The van der Waals surface area contributed by atoms with Crippen molar-refractivity contribution in [2.75, 3.05) is 0 Å². The molecule has 11 rings (SSSR count). The largest absolute Gasteiger partial charge is 0.208 e. The molecule has 0 atom stereocenters. The Morgan fingerprint density at radius 1 is 0.318 bits per heavy atom. The van der Waals surface area contributed by atoms with E-state index in [4.69, 9.17) is 15.0 Å². The molecule has 0 unspecified atom stereocenters. The molecule has 2 aliphatic rings. The summed E-state index contributed by atoms with van der Waals surface area (Å²) in [5.41, 5.74) is 17.6. The van der Waals surface area contributed by atoms with Crippen LogP contribution in [0.15, 0.2) is 188 Å². The van der Waals surface area contributed by atoms with Crippen molar-refractivity contribution in [2.24, 2.45) is 0 Å². The van der Waals surface area contributed by atoms with Crippen LogP contribution in [0.5, 0.6) is 0 Å². The van der Waals surface area contributed by atoms with Gasteiger partial charge in [-0.1, -0.05) is 233 Å². The van der Waals surface area contributed by atoms with Gasteiger partial charge in [0.1, 0.15) is 0 Å². The average molecular weight is 886 g/mol. The molecule has 0 saturated carbocycles. The molecule has 9 aromatic rings. The average Bonchev–Trinajstić information content (AvgIpc) is 3.76. The zero-order valence-corrected chi connectivity index (χ0v) is 41.2. The number of benzene rings is 8. The van der Waals surface area contributed by atoms with Crippen molar-refractivity contribution in [3.63, 3.8) is 0 Å². The Labute approximate surface area is 392 Å². The summed E-state index contributed by atoms with van der Waals surface area (Å²) in [6, 6.07) is 70.0. The minimum absolute atomic E-state index is 0.178. The van der Waals surface area contributed by atoms with Gasteiger partial charge < -0.3 is 0 Å². The first-order valence-corrected chi connectivity index (χ1v) is 30.3. The Bertz CT molecular complexity index is 3210. The first kappa shape index (κ1) is 41.9. The molecule has 322 valence electrons. The van der Waals surface area contributed by atoms with Crippen molar-refractivity contribution in [1.82, 2.24) is 15.0 Å². The highest BCUT2D eigenvalue weighted by atomic mass is 28.3. The lowest BCUT2D eigenvalue weighted by Gasteiger charge is -2.34. The van der Waals surface area contributed by atoms with Gasteiger partial charge in [-0.15, -0.1) is 0 Å². The molecule has 1 heterocycles. The highest BCUT2D eigenvalue weighted by Gasteiger charge is 2.46. The summed E-state index contributed by atoms with van der Waals surface area (Å²) < 4.78 is 0. The van der Waals surface area contributed by atoms with E-state index in [-0.39, 0.29) is 5.41 Å². The van der Waals surface area contributed by atoms with E-state index in [1.807, 2.05) is 0 Å². The van der Waals surface area contributed by atoms with E-state index in [0.717, 1.165) is 16.7 Å². The summed E-state index contributed by atoms with van der Waals surface area (Å²) in [4.78, 5) is 15.6. The molecule has 0 saturated heterocycles. The van der Waals surface area contributed by atoms with E-state index < -0.39 is 21.6 Å². The molecular formula is C61H55N3Si2. The zero-order chi connectivity index (χ0) is 45.6. The van der Waals surface area contributed by atoms with Crippen molar-refractivity contribution in [3.8, 4) is 67.5 Å². The monoisotopic (exact) mass is 885 g/mol. The maximum atomic E-state index is 5.24. The second-order valence-corrected chi connectivity index (χ2v) is 31.0. The van der Waals surface area contributed by atoms with Gasteiger partial charge in [-0.05, 0) is 85.0 Å². The number of hydrogen-bond donors (Lipinski definition) is 0. The maximum Gasteiger partial charge on any atom is 0.164 e. The predicted molar refractivity (Wildman–Crippen MR) is 282 cm³/mol. The molecule has 8 aromatic carbocycles. The Hall–Kier alpha value is -6.80. The van der Waals surface area contributed by atoms with Gasteiger partial charge in [0.15, 0.2) is 17.5 Å². The van der Waals surface area contributed by atoms with E-state index in [9.17, 15) is 0 Å². The van der Waals surface area contributed by atoms with Gasteiger partial charge in [-0.25, -0.2) is 15.0 Å². The number of nitrogens with zero attached hydrogens (tertiary/aromatic N) is 3. The summed E-state index contributed by atoms with van der Waals surface area (Å²) >= 11 is 0. The Morgan fingerprint density at radius 2 is 0.712 bits per heavy atom. The Balaban J connectivity index is 1.05. The standard InChI is InChI=1S/C61H55N3Si2/c1-60(2)53-35-28-42(43-27-34-50-49-21-15-16-22-55(49)61(56(50)39-43,45-17-11-9-12-18-45)46-19-13-10-14-20-46)37-51(53)52-38-44(29-36-54(52)60)59-63-57(40-23-30-47(31-24-40)65(3,4)5)62-58(64-59)41-25-32-48(33-26-41)66(6,7)8/h9-39H,1-8H3. The van der Waals surface area contributed by atoms with Crippen LogP contribution in [0.25, 0.3) is 67.5 Å². The lowest BCUT2D eigenvalue weighted by atomic mass is 9.67. The summed E-state index contributed by atoms with van der Waals surface area (Å²) in [6.07, 6.45) is 0. The SMILES string of the molecule is CC1(C)c2ccc(-c3ccc4c(c3)C(c3ccccc3)(c3ccccc3)c3ccccc3-4)cc2-c2cc(-c3nc(-c4ccc([Si](C)(C)C)cc4)nc(-c4ccc([Si](C)(C)C)cc4)n3)ccc21. The number of fused-ring (bicyclic) bond motifs is 6. The Morgan fingerprint density at radius 3 is 1.23 bits per heavy atom. The molecule has 66 heavy (non-hydrogen) atoms. The van der Waals surface area contributed by atoms with Crippen LogP contribution in [-0.2, 0) is 10.8 Å². The lowest BCUT2D eigenvalue weighted by molar-refractivity contribution is 0.660. The Kier molecular flexibility index (Phi) is 9.77. The number of hydrogen-bond acceptors (Lipinski definition) is 3. The summed E-state index contributed by atoms with van der Waals surface area (Å²) in [7, 11) is -2.97. The van der Waals surface area contributed by atoms with Crippen LogP contribution in [-0.4, -0.2) is 31.1 Å². The smallest absolute Gasteiger partial charge is 0.164 e. The molecule has 0 radical (unpaired) electrons. The third-order valence-electron chi connectivity index (χ3n) is 14.4. The van der Waals surface area contributed by atoms with E-state index in [0.29, 0.717) is 17.5 Å². The van der Waals surface area contributed by atoms with E-state index in [2.05, 4.69) is 241 Å². The molecule has 3 nitrogen and oxygen atoms in total. The highest BCUT2D eigenvalue weighted by molar-refractivity contribution is 6.89. The summed E-state index contributed by atoms with van der Waals surface area (Å²) in [6.45, 7) is 19.0. The molecule has 0 spiro atoms. The van der Waals surface area contributed by atoms with Crippen LogP contribution in [0.1, 0.15) is 47.2 Å². The van der Waals surface area contributed by atoms with Gasteiger partial charge in [0.05, 0.1) is 21.6 Å². The first-order chi connectivity index (χ1) is 31.7. The fraction of sp³-hybridized carbons (Fsp3) is 0.164. The second kappa shape index (κ2) is 15.4. The van der Waals surface area contributed by atoms with Gasteiger partial charge in [-0.2, -0.15) is 0 Å². The zero-order valence-electron chi connectivity index (χ0n) is 39.2. The molecule has 5 heteroatoms. The van der Waals surface area contributed by atoms with Gasteiger partial charge in [0.2, 0.25) is 0 Å². The van der Waals surface area contributed by atoms with Crippen LogP contribution in [0.3, 0.4) is 0 Å². The van der Waals surface area contributed by atoms with Crippen LogP contribution in [0.2, 0.25) is 39.3 Å². The minimum Gasteiger partial charge on any atom is -0.208 e. The van der Waals surface area contributed by atoms with Crippen molar-refractivity contribution in [1.29, 1.82) is 0 Å². The molecule has 1 aromatic heterocycles. The van der Waals surface area contributed by atoms with E-state index >= 15 is 0 Å². The fourth-order valence-corrected chi connectivity index (χ4v) is 13.0. The van der Waals surface area contributed by atoms with E-state index in [1.54, 1.807) is 0 Å². The maximum absolute atomic E-state index is 5.24. The number of rotatable bonds is 8. The summed E-state index contributed by atoms with van der Waals surface area (Å²) in [5, 5.41) is 2.83. The predicted octanol–water partition coefficient (Wildman–Crippen LogP) is 14.3. The lowest BCUT2D eigenvalue weighted by Crippen LogP contribution is -2.37. The van der Waals surface area contributed by atoms with E-state index in [1.165, 1.54) is 77.1 Å². The van der Waals surface area contributed by atoms with Gasteiger partial charge in [0.25, 0.3) is 0 Å². The van der Waals surface area contributed by atoms with Crippen LogP contribution >= 0.6 is 0 Å². The molecule has 0 N–H and O–H groups in total. The van der Waals surface area contributed by atoms with Crippen molar-refractivity contribution < 1.29 is 0 Å². The van der Waals surface area contributed by atoms with Crippen LogP contribution in [0, 0.1) is 0 Å². The second-order valence-electron chi connectivity index (χ2n) is 20.9. The van der Waals surface area contributed by atoms with Crippen molar-refractivity contribution in [3.05, 3.63) is 221 Å². The summed E-state index contributed by atoms with van der Waals surface area (Å²) in [5.74, 6) is 2.06.